The molecule has 1 aromatic carbocycles. The molecule has 0 aliphatic rings. The summed E-state index contributed by atoms with van der Waals surface area (Å²) >= 11 is 0. The molecule has 0 bridgehead atoms. The number of benzene rings is 1. The SMILES string of the molecule is COc1cc2c(cc1=O)ncc1c(N)[nH]c(-n3ccnc3)cc12. The van der Waals surface area contributed by atoms with E-state index in [0.717, 1.165) is 22.0 Å². The fourth-order valence-electron chi connectivity index (χ4n) is 2.67. The topological polar surface area (TPSA) is 98.8 Å². The van der Waals surface area contributed by atoms with Crippen molar-refractivity contribution >= 4 is 27.5 Å². The van der Waals surface area contributed by atoms with Crippen LogP contribution >= 0.6 is 0 Å². The van der Waals surface area contributed by atoms with Crippen LogP contribution in [-0.2, 0) is 0 Å². The molecular weight excluding hydrogens is 294 g/mol. The van der Waals surface area contributed by atoms with Gasteiger partial charge in [-0.1, -0.05) is 0 Å². The standard InChI is InChI=1S/C16H13N5O2/c1-23-14-4-10-9-5-15(21-3-2-18-8-21)20-16(17)11(9)7-19-12(10)6-13(14)22/h2-8,20H,17H2,1H3. The Hall–Kier alpha value is -3.35. The summed E-state index contributed by atoms with van der Waals surface area (Å²) in [6, 6.07) is 5.11. The molecule has 3 aromatic heterocycles. The fraction of sp³-hybridized carbons (Fsp3) is 0.0625. The summed E-state index contributed by atoms with van der Waals surface area (Å²) in [6.07, 6.45) is 6.84. The normalized spacial score (nSPS) is 11.2. The van der Waals surface area contributed by atoms with E-state index in [1.54, 1.807) is 24.8 Å². The third-order valence-electron chi connectivity index (χ3n) is 3.81. The molecule has 4 rings (SSSR count). The minimum absolute atomic E-state index is 0.197. The molecule has 0 atom stereocenters. The van der Waals surface area contributed by atoms with E-state index in [2.05, 4.69) is 15.0 Å². The quantitative estimate of drug-likeness (QED) is 0.551. The zero-order valence-electron chi connectivity index (χ0n) is 12.3. The van der Waals surface area contributed by atoms with E-state index in [1.807, 2.05) is 16.8 Å². The van der Waals surface area contributed by atoms with E-state index in [-0.39, 0.29) is 11.2 Å². The second-order valence-electron chi connectivity index (χ2n) is 5.14. The van der Waals surface area contributed by atoms with Gasteiger partial charge >= 0.3 is 0 Å². The third-order valence-corrected chi connectivity index (χ3v) is 3.81. The molecule has 0 aliphatic heterocycles. The molecular formula is C16H13N5O2. The molecule has 0 saturated carbocycles. The first-order chi connectivity index (χ1) is 11.2. The smallest absolute Gasteiger partial charge is 0.222 e. The van der Waals surface area contributed by atoms with Crippen molar-refractivity contribution in [2.75, 3.05) is 12.8 Å². The maximum Gasteiger partial charge on any atom is 0.222 e. The molecule has 0 amide bonds. The van der Waals surface area contributed by atoms with Crippen molar-refractivity contribution in [1.29, 1.82) is 0 Å². The molecule has 3 heterocycles. The van der Waals surface area contributed by atoms with E-state index >= 15 is 0 Å². The van der Waals surface area contributed by atoms with E-state index in [1.165, 1.54) is 13.2 Å². The Morgan fingerprint density at radius 1 is 1.22 bits per heavy atom. The second kappa shape index (κ2) is 4.84. The van der Waals surface area contributed by atoms with Crippen molar-refractivity contribution in [2.45, 2.75) is 0 Å². The molecule has 0 unspecified atom stereocenters. The summed E-state index contributed by atoms with van der Waals surface area (Å²) < 4.78 is 6.96. The lowest BCUT2D eigenvalue weighted by Crippen LogP contribution is -2.05. The summed E-state index contributed by atoms with van der Waals surface area (Å²) in [5, 5.41) is 2.47. The predicted molar refractivity (Wildman–Crippen MR) is 88.0 cm³/mol. The monoisotopic (exact) mass is 307 g/mol. The molecule has 0 spiro atoms. The van der Waals surface area contributed by atoms with Crippen LogP contribution in [0.4, 0.5) is 5.82 Å². The molecule has 0 aliphatic carbocycles. The number of aromatic nitrogens is 4. The molecule has 114 valence electrons. The minimum Gasteiger partial charge on any atom is -0.493 e. The van der Waals surface area contributed by atoms with Crippen molar-refractivity contribution in [3.63, 3.8) is 0 Å². The zero-order valence-corrected chi connectivity index (χ0v) is 12.3. The Morgan fingerprint density at radius 3 is 2.83 bits per heavy atom. The molecule has 7 nitrogen and oxygen atoms in total. The van der Waals surface area contributed by atoms with Crippen LogP contribution in [0, 0.1) is 0 Å². The fourth-order valence-corrected chi connectivity index (χ4v) is 2.67. The summed E-state index contributed by atoms with van der Waals surface area (Å²) in [4.78, 5) is 23.4. The average molecular weight is 307 g/mol. The summed E-state index contributed by atoms with van der Waals surface area (Å²) in [6.45, 7) is 0. The molecule has 4 aromatic rings. The summed E-state index contributed by atoms with van der Waals surface area (Å²) in [5.41, 5.74) is 6.54. The van der Waals surface area contributed by atoms with Gasteiger partial charge in [0.1, 0.15) is 18.0 Å². The Bertz CT molecular complexity index is 1080. The van der Waals surface area contributed by atoms with Gasteiger partial charge in [0.15, 0.2) is 5.75 Å². The van der Waals surface area contributed by atoms with Gasteiger partial charge < -0.3 is 15.5 Å². The van der Waals surface area contributed by atoms with Gasteiger partial charge in [0.05, 0.1) is 12.6 Å². The number of nitrogens with one attached hydrogen (secondary N) is 1. The van der Waals surface area contributed by atoms with Gasteiger partial charge in [-0.05, 0) is 17.5 Å². The van der Waals surface area contributed by atoms with Crippen LogP contribution in [0.25, 0.3) is 27.5 Å². The van der Waals surface area contributed by atoms with Crippen molar-refractivity contribution in [2.24, 2.45) is 0 Å². The van der Waals surface area contributed by atoms with E-state index in [9.17, 15) is 4.79 Å². The second-order valence-corrected chi connectivity index (χ2v) is 5.14. The van der Waals surface area contributed by atoms with Crippen LogP contribution in [-0.4, -0.2) is 26.6 Å². The number of hydrogen-bond acceptors (Lipinski definition) is 5. The largest absolute Gasteiger partial charge is 0.493 e. The van der Waals surface area contributed by atoms with Gasteiger partial charge in [-0.3, -0.25) is 14.3 Å². The summed E-state index contributed by atoms with van der Waals surface area (Å²) in [5.74, 6) is 1.54. The van der Waals surface area contributed by atoms with Crippen LogP contribution < -0.4 is 15.9 Å². The summed E-state index contributed by atoms with van der Waals surface area (Å²) in [7, 11) is 1.47. The maximum absolute atomic E-state index is 11.9. The molecule has 23 heavy (non-hydrogen) atoms. The number of aromatic amines is 1. The lowest BCUT2D eigenvalue weighted by atomic mass is 10.1. The Labute approximate surface area is 130 Å². The van der Waals surface area contributed by atoms with Crippen molar-refractivity contribution in [1.82, 2.24) is 19.5 Å². The first-order valence-corrected chi connectivity index (χ1v) is 6.95. The predicted octanol–water partition coefficient (Wildman–Crippen LogP) is 1.85. The van der Waals surface area contributed by atoms with Crippen molar-refractivity contribution in [3.05, 3.63) is 53.3 Å². The number of nitrogens with zero attached hydrogens (tertiary/aromatic N) is 3. The highest BCUT2D eigenvalue weighted by Gasteiger charge is 2.11. The van der Waals surface area contributed by atoms with Crippen LogP contribution in [0.3, 0.4) is 0 Å². The van der Waals surface area contributed by atoms with Gasteiger partial charge in [-0.2, -0.15) is 0 Å². The van der Waals surface area contributed by atoms with Gasteiger partial charge in [0.2, 0.25) is 5.43 Å². The van der Waals surface area contributed by atoms with E-state index < -0.39 is 0 Å². The van der Waals surface area contributed by atoms with Crippen LogP contribution in [0.15, 0.2) is 47.9 Å². The maximum atomic E-state index is 11.9. The number of methoxy groups -OCH3 is 1. The number of anilines is 1. The molecule has 7 heteroatoms. The number of hydrogen-bond donors (Lipinski definition) is 2. The van der Waals surface area contributed by atoms with Crippen LogP contribution in [0.2, 0.25) is 0 Å². The van der Waals surface area contributed by atoms with E-state index in [4.69, 9.17) is 10.5 Å². The van der Waals surface area contributed by atoms with Crippen LogP contribution in [0.1, 0.15) is 0 Å². The molecule has 0 radical (unpaired) electrons. The number of imidazole rings is 1. The molecule has 0 saturated heterocycles. The lowest BCUT2D eigenvalue weighted by Gasteiger charge is -2.11. The highest BCUT2D eigenvalue weighted by Crippen LogP contribution is 2.29. The zero-order chi connectivity index (χ0) is 16.0. The first-order valence-electron chi connectivity index (χ1n) is 6.95. The number of ether oxygens (including phenoxy) is 1. The number of rotatable bonds is 2. The molecule has 3 N–H and O–H groups in total. The third kappa shape index (κ3) is 2.02. The highest BCUT2D eigenvalue weighted by atomic mass is 16.5. The van der Waals surface area contributed by atoms with Gasteiger partial charge in [-0.15, -0.1) is 0 Å². The number of fused-ring (bicyclic) bond motifs is 3. The van der Waals surface area contributed by atoms with Gasteiger partial charge in [0.25, 0.3) is 0 Å². The van der Waals surface area contributed by atoms with Crippen molar-refractivity contribution < 1.29 is 4.74 Å². The average Bonchev–Trinajstić information content (AvgIpc) is 3.08. The van der Waals surface area contributed by atoms with Crippen LogP contribution in [0.5, 0.6) is 5.75 Å². The van der Waals surface area contributed by atoms with Gasteiger partial charge in [0, 0.05) is 35.4 Å². The van der Waals surface area contributed by atoms with Crippen molar-refractivity contribution in [3.8, 4) is 11.6 Å². The van der Waals surface area contributed by atoms with E-state index in [0.29, 0.717) is 11.3 Å². The highest BCUT2D eigenvalue weighted by molar-refractivity contribution is 6.09. The number of H-pyrrole nitrogens is 1. The number of nitrogen functional groups attached to an aromatic ring is 1. The Kier molecular flexibility index (Phi) is 2.80. The minimum atomic E-state index is -0.197. The lowest BCUT2D eigenvalue weighted by molar-refractivity contribution is 0.411. The molecule has 0 fully saturated rings. The van der Waals surface area contributed by atoms with Gasteiger partial charge in [-0.25, -0.2) is 4.98 Å². The number of pyridine rings is 2. The Morgan fingerprint density at radius 2 is 2.09 bits per heavy atom. The number of nitrogens with two attached hydrogens (primary N) is 1. The first kappa shape index (κ1) is 13.3. The Balaban J connectivity index is 2.13.